The van der Waals surface area contributed by atoms with Gasteiger partial charge in [0.25, 0.3) is 5.91 Å². The summed E-state index contributed by atoms with van der Waals surface area (Å²) in [5.41, 5.74) is 2.60. The van der Waals surface area contributed by atoms with Crippen LogP contribution in [0.15, 0.2) is 41.0 Å². The number of fused-ring (bicyclic) bond motifs is 1. The third-order valence-electron chi connectivity index (χ3n) is 6.68. The second kappa shape index (κ2) is 9.48. The van der Waals surface area contributed by atoms with E-state index in [4.69, 9.17) is 0 Å². The summed E-state index contributed by atoms with van der Waals surface area (Å²) in [6.07, 6.45) is -1.14. The van der Waals surface area contributed by atoms with E-state index < -0.39 is 24.1 Å². The van der Waals surface area contributed by atoms with E-state index in [0.29, 0.717) is 23.5 Å². The van der Waals surface area contributed by atoms with E-state index in [1.54, 1.807) is 16.5 Å². The van der Waals surface area contributed by atoms with Gasteiger partial charge >= 0.3 is 6.36 Å². The molecule has 3 heterocycles. The molecule has 0 radical (unpaired) electrons. The monoisotopic (exact) mass is 507 g/mol. The van der Waals surface area contributed by atoms with Gasteiger partial charge in [-0.25, -0.2) is 0 Å². The predicted octanol–water partition coefficient (Wildman–Crippen LogP) is 3.24. The van der Waals surface area contributed by atoms with Crippen LogP contribution in [-0.4, -0.2) is 51.9 Å². The maximum atomic E-state index is 13.8. The van der Waals surface area contributed by atoms with E-state index in [-0.39, 0.29) is 42.1 Å². The molecule has 1 fully saturated rings. The lowest BCUT2D eigenvalue weighted by atomic mass is 9.87. The zero-order valence-electron chi connectivity index (χ0n) is 18.7. The summed E-state index contributed by atoms with van der Waals surface area (Å²) in [7, 11) is 0. The zero-order chi connectivity index (χ0) is 24.6. The standard InChI is InChI=1S/C23H24F3N5O3S/c24-23(25,26)34-17-8-4-1-5-13(17)21-20-15(11-27-22(20)33)29-14-6-2-3-7-16(14)31(21)19(32)10-9-18-30-28-12-35-18/h1,4-5,8,12,14,16,21,29H,2-3,6-7,9-11H2,(H,27,33)/t14-,16-,21-/m1/s1. The summed E-state index contributed by atoms with van der Waals surface area (Å²) >= 11 is 1.34. The molecule has 2 amide bonds. The van der Waals surface area contributed by atoms with E-state index in [1.807, 2.05) is 0 Å². The van der Waals surface area contributed by atoms with Gasteiger partial charge in [-0.1, -0.05) is 31.0 Å². The second-order valence-corrected chi connectivity index (χ2v) is 9.72. The van der Waals surface area contributed by atoms with Crippen LogP contribution in [0.25, 0.3) is 0 Å². The van der Waals surface area contributed by atoms with Crippen molar-refractivity contribution in [1.82, 2.24) is 25.7 Å². The molecule has 35 heavy (non-hydrogen) atoms. The Hall–Kier alpha value is -3.15. The van der Waals surface area contributed by atoms with Crippen LogP contribution in [0.1, 0.15) is 48.7 Å². The van der Waals surface area contributed by atoms with Crippen LogP contribution in [0.5, 0.6) is 5.75 Å². The Balaban J connectivity index is 1.61. The molecule has 1 aromatic heterocycles. The van der Waals surface area contributed by atoms with Crippen LogP contribution < -0.4 is 15.4 Å². The number of carbonyl (C=O) groups is 2. The molecule has 0 saturated heterocycles. The van der Waals surface area contributed by atoms with Gasteiger partial charge in [-0.15, -0.1) is 34.7 Å². The van der Waals surface area contributed by atoms with Crippen LogP contribution in [0.3, 0.4) is 0 Å². The Labute approximate surface area is 203 Å². The maximum Gasteiger partial charge on any atom is 0.573 e. The van der Waals surface area contributed by atoms with Crippen molar-refractivity contribution in [2.24, 2.45) is 0 Å². The third kappa shape index (κ3) is 4.84. The number of hydrogen-bond donors (Lipinski definition) is 2. The molecule has 0 unspecified atom stereocenters. The Morgan fingerprint density at radius 2 is 2.03 bits per heavy atom. The maximum absolute atomic E-state index is 13.8. The molecule has 2 aliphatic heterocycles. The number of nitrogens with zero attached hydrogens (tertiary/aromatic N) is 3. The molecule has 0 spiro atoms. The highest BCUT2D eigenvalue weighted by molar-refractivity contribution is 7.09. The number of alkyl halides is 3. The Bertz CT molecular complexity index is 1140. The van der Waals surface area contributed by atoms with Gasteiger partial charge in [-0.2, -0.15) is 0 Å². The normalized spacial score (nSPS) is 24.3. The SMILES string of the molecule is O=C1NCC2=C1[C@@H](c1ccccc1OC(F)(F)F)N(C(=O)CCc1nncs1)[C@@H]1CCCC[C@H]1N2. The second-order valence-electron chi connectivity index (χ2n) is 8.80. The minimum Gasteiger partial charge on any atom is -0.405 e. The van der Waals surface area contributed by atoms with E-state index >= 15 is 0 Å². The van der Waals surface area contributed by atoms with E-state index in [2.05, 4.69) is 25.6 Å². The van der Waals surface area contributed by atoms with Crippen LogP contribution in [0, 0.1) is 0 Å². The van der Waals surface area contributed by atoms with E-state index in [0.717, 1.165) is 19.3 Å². The number of halogens is 3. The summed E-state index contributed by atoms with van der Waals surface area (Å²) in [6.45, 7) is 0.239. The van der Waals surface area contributed by atoms with Gasteiger partial charge in [0.15, 0.2) is 0 Å². The van der Waals surface area contributed by atoms with Crippen molar-refractivity contribution < 1.29 is 27.5 Å². The number of rotatable bonds is 5. The largest absolute Gasteiger partial charge is 0.573 e. The third-order valence-corrected chi connectivity index (χ3v) is 7.44. The number of carbonyl (C=O) groups excluding carboxylic acids is 2. The molecule has 2 N–H and O–H groups in total. The molecule has 12 heteroatoms. The number of amides is 2. The van der Waals surface area contributed by atoms with Crippen molar-refractivity contribution in [2.75, 3.05) is 6.54 Å². The van der Waals surface area contributed by atoms with Crippen LogP contribution in [-0.2, 0) is 16.0 Å². The number of nitrogens with one attached hydrogen (secondary N) is 2. The summed E-state index contributed by atoms with van der Waals surface area (Å²) in [4.78, 5) is 28.5. The molecule has 1 aromatic carbocycles. The van der Waals surface area contributed by atoms with Crippen molar-refractivity contribution in [1.29, 1.82) is 0 Å². The lowest BCUT2D eigenvalue weighted by Gasteiger charge is -2.43. The van der Waals surface area contributed by atoms with E-state index in [9.17, 15) is 22.8 Å². The Kier molecular flexibility index (Phi) is 6.39. The highest BCUT2D eigenvalue weighted by Crippen LogP contribution is 2.44. The van der Waals surface area contributed by atoms with Crippen LogP contribution in [0.4, 0.5) is 13.2 Å². The number of aromatic nitrogens is 2. The summed E-state index contributed by atoms with van der Waals surface area (Å²) in [6, 6.07) is 4.34. The molecule has 3 atom stereocenters. The van der Waals surface area contributed by atoms with E-state index in [1.165, 1.54) is 29.5 Å². The Morgan fingerprint density at radius 3 is 2.80 bits per heavy atom. The molecule has 2 aromatic rings. The van der Waals surface area contributed by atoms with Gasteiger partial charge in [0.2, 0.25) is 5.91 Å². The Morgan fingerprint density at radius 1 is 1.23 bits per heavy atom. The summed E-state index contributed by atoms with van der Waals surface area (Å²) in [5, 5.41) is 14.7. The average molecular weight is 508 g/mol. The predicted molar refractivity (Wildman–Crippen MR) is 120 cm³/mol. The zero-order valence-corrected chi connectivity index (χ0v) is 19.5. The minimum atomic E-state index is -4.92. The molecule has 5 rings (SSSR count). The average Bonchev–Trinajstić information content (AvgIpc) is 3.43. The highest BCUT2D eigenvalue weighted by Gasteiger charge is 2.47. The first-order valence-corrected chi connectivity index (χ1v) is 12.4. The lowest BCUT2D eigenvalue weighted by Crippen LogP contribution is -2.53. The number of ether oxygens (including phenoxy) is 1. The number of benzene rings is 1. The molecule has 3 aliphatic rings. The van der Waals surface area contributed by atoms with Gasteiger partial charge in [0, 0.05) is 30.1 Å². The molecule has 0 bridgehead atoms. The fourth-order valence-corrected chi connectivity index (χ4v) is 5.82. The van der Waals surface area contributed by atoms with Gasteiger partial charge < -0.3 is 20.3 Å². The fraction of sp³-hybridized carbons (Fsp3) is 0.478. The van der Waals surface area contributed by atoms with Gasteiger partial charge in [-0.3, -0.25) is 9.59 Å². The van der Waals surface area contributed by atoms with Crippen molar-refractivity contribution in [3.8, 4) is 5.75 Å². The molecule has 186 valence electrons. The highest BCUT2D eigenvalue weighted by atomic mass is 32.1. The van der Waals surface area contributed by atoms with Gasteiger partial charge in [0.1, 0.15) is 16.3 Å². The van der Waals surface area contributed by atoms with Crippen molar-refractivity contribution in [3.05, 3.63) is 51.6 Å². The number of hydrogen-bond acceptors (Lipinski definition) is 7. The van der Waals surface area contributed by atoms with Crippen molar-refractivity contribution in [2.45, 2.75) is 63.0 Å². The first-order valence-electron chi connectivity index (χ1n) is 11.5. The molecule has 1 aliphatic carbocycles. The van der Waals surface area contributed by atoms with Crippen molar-refractivity contribution >= 4 is 23.2 Å². The van der Waals surface area contributed by atoms with Crippen LogP contribution in [0.2, 0.25) is 0 Å². The minimum absolute atomic E-state index is 0.0987. The smallest absolute Gasteiger partial charge is 0.405 e. The number of aryl methyl sites for hydroxylation is 1. The molecular formula is C23H24F3N5O3S. The summed E-state index contributed by atoms with van der Waals surface area (Å²) in [5.74, 6) is -1.08. The fourth-order valence-electron chi connectivity index (χ4n) is 5.29. The number of para-hydroxylation sites is 1. The first-order chi connectivity index (χ1) is 16.8. The molecule has 8 nitrogen and oxygen atoms in total. The molecule has 1 saturated carbocycles. The van der Waals surface area contributed by atoms with Crippen LogP contribution >= 0.6 is 11.3 Å². The molecular weight excluding hydrogens is 483 g/mol. The lowest BCUT2D eigenvalue weighted by molar-refractivity contribution is -0.275. The summed E-state index contributed by atoms with van der Waals surface area (Å²) < 4.78 is 44.3. The first kappa shape index (κ1) is 23.6. The quantitative estimate of drug-likeness (QED) is 0.645. The van der Waals surface area contributed by atoms with Gasteiger partial charge in [-0.05, 0) is 18.9 Å². The van der Waals surface area contributed by atoms with Gasteiger partial charge in [0.05, 0.1) is 24.2 Å². The van der Waals surface area contributed by atoms with Crippen molar-refractivity contribution in [3.63, 3.8) is 0 Å². The topological polar surface area (TPSA) is 96.5 Å².